The van der Waals surface area contributed by atoms with Crippen molar-refractivity contribution in [3.8, 4) is 0 Å². The number of aryl methyl sites for hydroxylation is 2. The van der Waals surface area contributed by atoms with Crippen molar-refractivity contribution >= 4 is 17.2 Å². The molecule has 21 heavy (non-hydrogen) atoms. The number of morpholine rings is 1. The van der Waals surface area contributed by atoms with Gasteiger partial charge in [0.2, 0.25) is 5.91 Å². The van der Waals surface area contributed by atoms with Gasteiger partial charge < -0.3 is 9.64 Å². The Morgan fingerprint density at radius 2 is 2.43 bits per heavy atom. The van der Waals surface area contributed by atoms with Gasteiger partial charge >= 0.3 is 0 Å². The maximum atomic E-state index is 12.6. The Kier molecular flexibility index (Phi) is 4.03. The molecule has 2 aromatic heterocycles. The van der Waals surface area contributed by atoms with Gasteiger partial charge in [0.25, 0.3) is 0 Å². The van der Waals surface area contributed by atoms with Crippen molar-refractivity contribution in [2.75, 3.05) is 19.8 Å². The summed E-state index contributed by atoms with van der Waals surface area (Å²) in [6.07, 6.45) is 2.12. The van der Waals surface area contributed by atoms with Crippen molar-refractivity contribution in [3.05, 3.63) is 33.5 Å². The normalized spacial score (nSPS) is 19.0. The molecule has 3 heterocycles. The summed E-state index contributed by atoms with van der Waals surface area (Å²) in [5, 5.41) is 9.97. The first-order chi connectivity index (χ1) is 10.1. The Hall–Kier alpha value is -1.73. The van der Waals surface area contributed by atoms with E-state index in [9.17, 15) is 4.79 Å². The molecule has 1 fully saturated rings. The molecule has 1 amide bonds. The third-order valence-electron chi connectivity index (χ3n) is 3.65. The highest BCUT2D eigenvalue weighted by atomic mass is 32.1. The van der Waals surface area contributed by atoms with E-state index in [1.54, 1.807) is 17.5 Å². The van der Waals surface area contributed by atoms with Crippen LogP contribution < -0.4 is 0 Å². The van der Waals surface area contributed by atoms with Crippen LogP contribution in [0.4, 0.5) is 0 Å². The van der Waals surface area contributed by atoms with Crippen LogP contribution in [0.2, 0.25) is 0 Å². The molecular formula is C14H18N4O2S. The van der Waals surface area contributed by atoms with Gasteiger partial charge in [-0.1, -0.05) is 0 Å². The molecule has 1 atom stereocenters. The lowest BCUT2D eigenvalue weighted by atomic mass is 10.1. The highest BCUT2D eigenvalue weighted by molar-refractivity contribution is 7.09. The number of carbonyl (C=O) groups excluding carboxylic acids is 1. The van der Waals surface area contributed by atoms with E-state index in [2.05, 4.69) is 15.2 Å². The fraction of sp³-hybridized carbons (Fsp3) is 0.500. The standard InChI is InChI=1S/C14H18N4O2S/c1-9-6-15-17-14(9)12-7-20-4-3-18(12)13(19)5-11-8-21-10(2)16-11/h6,8,12H,3-5,7H2,1-2H3,(H,15,17). The van der Waals surface area contributed by atoms with Crippen molar-refractivity contribution in [3.63, 3.8) is 0 Å². The fourth-order valence-corrected chi connectivity index (χ4v) is 3.19. The number of aromatic nitrogens is 3. The van der Waals surface area contributed by atoms with Crippen molar-refractivity contribution in [1.29, 1.82) is 0 Å². The summed E-state index contributed by atoms with van der Waals surface area (Å²) in [6, 6.07) is -0.0894. The van der Waals surface area contributed by atoms with Crippen LogP contribution in [0.5, 0.6) is 0 Å². The molecule has 0 aromatic carbocycles. The Bertz CT molecular complexity index is 636. The van der Waals surface area contributed by atoms with E-state index in [0.29, 0.717) is 26.2 Å². The average Bonchev–Trinajstić information content (AvgIpc) is 3.07. The summed E-state index contributed by atoms with van der Waals surface area (Å²) < 4.78 is 5.54. The zero-order valence-corrected chi connectivity index (χ0v) is 12.9. The Balaban J connectivity index is 1.77. The number of ether oxygens (including phenoxy) is 1. The predicted octanol–water partition coefficient (Wildman–Crippen LogP) is 1.63. The fourth-order valence-electron chi connectivity index (χ4n) is 2.58. The SMILES string of the molecule is Cc1nc(CC(=O)N2CCOCC2c2[nH]ncc2C)cs1. The second kappa shape index (κ2) is 5.95. The number of rotatable bonds is 3. The number of thiazole rings is 1. The first-order valence-corrected chi connectivity index (χ1v) is 7.81. The van der Waals surface area contributed by atoms with Crippen molar-refractivity contribution in [2.24, 2.45) is 0 Å². The van der Waals surface area contributed by atoms with Crippen LogP contribution in [0.15, 0.2) is 11.6 Å². The van der Waals surface area contributed by atoms with Crippen LogP contribution in [0.1, 0.15) is 28.0 Å². The first kappa shape index (κ1) is 14.2. The zero-order chi connectivity index (χ0) is 14.8. The minimum Gasteiger partial charge on any atom is -0.377 e. The largest absolute Gasteiger partial charge is 0.377 e. The predicted molar refractivity (Wildman–Crippen MR) is 79.2 cm³/mol. The Labute approximate surface area is 127 Å². The van der Waals surface area contributed by atoms with Crippen molar-refractivity contribution in [1.82, 2.24) is 20.1 Å². The van der Waals surface area contributed by atoms with Gasteiger partial charge in [-0.05, 0) is 19.4 Å². The van der Waals surface area contributed by atoms with Gasteiger partial charge in [0.15, 0.2) is 0 Å². The van der Waals surface area contributed by atoms with E-state index in [4.69, 9.17) is 4.74 Å². The molecule has 1 unspecified atom stereocenters. The van der Waals surface area contributed by atoms with Crippen molar-refractivity contribution in [2.45, 2.75) is 26.3 Å². The summed E-state index contributed by atoms with van der Waals surface area (Å²) in [5.74, 6) is 0.0857. The quantitative estimate of drug-likeness (QED) is 0.935. The van der Waals surface area contributed by atoms with Crippen LogP contribution >= 0.6 is 11.3 Å². The molecule has 3 rings (SSSR count). The molecule has 1 aliphatic rings. The molecule has 0 spiro atoms. The molecule has 7 heteroatoms. The summed E-state index contributed by atoms with van der Waals surface area (Å²) >= 11 is 1.57. The smallest absolute Gasteiger partial charge is 0.229 e. The molecule has 2 aromatic rings. The van der Waals surface area contributed by atoms with E-state index in [1.165, 1.54) is 0 Å². The molecular weight excluding hydrogens is 288 g/mol. The van der Waals surface area contributed by atoms with E-state index in [-0.39, 0.29) is 11.9 Å². The van der Waals surface area contributed by atoms with E-state index < -0.39 is 0 Å². The average molecular weight is 306 g/mol. The summed E-state index contributed by atoms with van der Waals surface area (Å²) in [7, 11) is 0. The number of hydrogen-bond donors (Lipinski definition) is 1. The van der Waals surface area contributed by atoms with Crippen LogP contribution in [0, 0.1) is 13.8 Å². The maximum absolute atomic E-state index is 12.6. The number of carbonyl (C=O) groups is 1. The number of aromatic amines is 1. The van der Waals surface area contributed by atoms with E-state index in [1.807, 2.05) is 24.1 Å². The number of hydrogen-bond acceptors (Lipinski definition) is 5. The van der Waals surface area contributed by atoms with Gasteiger partial charge in [-0.25, -0.2) is 4.98 Å². The van der Waals surface area contributed by atoms with Gasteiger partial charge in [0.05, 0.1) is 48.3 Å². The lowest BCUT2D eigenvalue weighted by molar-refractivity contribution is -0.139. The molecule has 0 bridgehead atoms. The second-order valence-electron chi connectivity index (χ2n) is 5.18. The third kappa shape index (κ3) is 2.98. The lowest BCUT2D eigenvalue weighted by Gasteiger charge is -2.35. The van der Waals surface area contributed by atoms with Gasteiger partial charge in [-0.2, -0.15) is 5.10 Å². The number of nitrogens with one attached hydrogen (secondary N) is 1. The number of amides is 1. The molecule has 0 aliphatic carbocycles. The molecule has 0 saturated carbocycles. The van der Waals surface area contributed by atoms with E-state index >= 15 is 0 Å². The minimum absolute atomic E-state index is 0.0857. The number of nitrogens with zero attached hydrogens (tertiary/aromatic N) is 3. The van der Waals surface area contributed by atoms with Crippen molar-refractivity contribution < 1.29 is 9.53 Å². The Morgan fingerprint density at radius 1 is 1.57 bits per heavy atom. The van der Waals surface area contributed by atoms with Gasteiger partial charge in [0, 0.05) is 11.9 Å². The van der Waals surface area contributed by atoms with Crippen LogP contribution in [-0.4, -0.2) is 45.7 Å². The lowest BCUT2D eigenvalue weighted by Crippen LogP contribution is -2.44. The maximum Gasteiger partial charge on any atom is 0.229 e. The monoisotopic (exact) mass is 306 g/mol. The molecule has 0 radical (unpaired) electrons. The molecule has 1 aliphatic heterocycles. The van der Waals surface area contributed by atoms with Crippen LogP contribution in [0.3, 0.4) is 0 Å². The van der Waals surface area contributed by atoms with Crippen LogP contribution in [-0.2, 0) is 16.0 Å². The topological polar surface area (TPSA) is 71.1 Å². The zero-order valence-electron chi connectivity index (χ0n) is 12.1. The highest BCUT2D eigenvalue weighted by Crippen LogP contribution is 2.25. The summed E-state index contributed by atoms with van der Waals surface area (Å²) in [5.41, 5.74) is 2.85. The molecule has 1 N–H and O–H groups in total. The van der Waals surface area contributed by atoms with Gasteiger partial charge in [-0.3, -0.25) is 9.89 Å². The summed E-state index contributed by atoms with van der Waals surface area (Å²) in [6.45, 7) is 5.62. The molecule has 6 nitrogen and oxygen atoms in total. The minimum atomic E-state index is -0.0894. The highest BCUT2D eigenvalue weighted by Gasteiger charge is 2.30. The first-order valence-electron chi connectivity index (χ1n) is 6.93. The second-order valence-corrected chi connectivity index (χ2v) is 6.24. The molecule has 112 valence electrons. The van der Waals surface area contributed by atoms with Gasteiger partial charge in [0.1, 0.15) is 0 Å². The Morgan fingerprint density at radius 3 is 3.10 bits per heavy atom. The number of H-pyrrole nitrogens is 1. The summed E-state index contributed by atoms with van der Waals surface area (Å²) in [4.78, 5) is 18.8. The van der Waals surface area contributed by atoms with E-state index in [0.717, 1.165) is 22.0 Å². The van der Waals surface area contributed by atoms with Crippen LogP contribution in [0.25, 0.3) is 0 Å². The van der Waals surface area contributed by atoms with Gasteiger partial charge in [-0.15, -0.1) is 11.3 Å². The molecule has 1 saturated heterocycles. The third-order valence-corrected chi connectivity index (χ3v) is 4.47.